The van der Waals surface area contributed by atoms with Crippen LogP contribution in [0.4, 0.5) is 0 Å². The van der Waals surface area contributed by atoms with Gasteiger partial charge in [0.05, 0.1) is 12.7 Å². The van der Waals surface area contributed by atoms with Crippen molar-refractivity contribution < 1.29 is 9.59 Å². The van der Waals surface area contributed by atoms with Gasteiger partial charge in [-0.15, -0.1) is 11.3 Å². The summed E-state index contributed by atoms with van der Waals surface area (Å²) in [5.41, 5.74) is 0. The molecular weight excluding hydrogens is 300 g/mol. The van der Waals surface area contributed by atoms with Crippen molar-refractivity contribution in [2.24, 2.45) is 0 Å². The molecule has 1 unspecified atom stereocenters. The van der Waals surface area contributed by atoms with Gasteiger partial charge in [0.2, 0.25) is 5.91 Å². The normalized spacial score (nSPS) is 23.1. The summed E-state index contributed by atoms with van der Waals surface area (Å²) in [6.45, 7) is 3.75. The third kappa shape index (κ3) is 3.84. The molecule has 2 aliphatic heterocycles. The van der Waals surface area contributed by atoms with Gasteiger partial charge in [0, 0.05) is 6.54 Å². The second-order valence-corrected chi connectivity index (χ2v) is 7.03. The van der Waals surface area contributed by atoms with Crippen molar-refractivity contribution in [3.05, 3.63) is 16.1 Å². The monoisotopic (exact) mass is 322 g/mol. The van der Waals surface area contributed by atoms with Crippen LogP contribution in [0.1, 0.15) is 46.8 Å². The van der Waals surface area contributed by atoms with Gasteiger partial charge in [-0.05, 0) is 45.2 Å². The number of carbonyl (C=O) groups excluding carboxylic acids is 2. The highest BCUT2D eigenvalue weighted by Crippen LogP contribution is 2.18. The van der Waals surface area contributed by atoms with Crippen molar-refractivity contribution in [3.63, 3.8) is 0 Å². The molecule has 120 valence electrons. The third-order valence-electron chi connectivity index (χ3n) is 4.18. The minimum absolute atomic E-state index is 0.0762. The standard InChI is InChI=1S/C15H22N4O2S/c20-14-11(5-1-2-6-16-14)18-15(21)12-9-17-13(22-12)10-19-7-3-4-8-19/h9,11H,1-8,10H2,(H,16,20)(H,18,21). The minimum atomic E-state index is -0.417. The average Bonchev–Trinajstić information content (AvgIpc) is 3.14. The summed E-state index contributed by atoms with van der Waals surface area (Å²) in [6.07, 6.45) is 6.74. The molecule has 0 saturated carbocycles. The molecule has 2 aliphatic rings. The Balaban J connectivity index is 1.57. The second-order valence-electron chi connectivity index (χ2n) is 5.91. The van der Waals surface area contributed by atoms with E-state index in [1.54, 1.807) is 6.20 Å². The first kappa shape index (κ1) is 15.4. The van der Waals surface area contributed by atoms with Gasteiger partial charge in [-0.3, -0.25) is 14.5 Å². The van der Waals surface area contributed by atoms with Crippen LogP contribution in [0, 0.1) is 0 Å². The third-order valence-corrected chi connectivity index (χ3v) is 5.16. The van der Waals surface area contributed by atoms with Crippen molar-refractivity contribution in [1.29, 1.82) is 0 Å². The fourth-order valence-corrected chi connectivity index (χ4v) is 3.79. The van der Waals surface area contributed by atoms with E-state index in [-0.39, 0.29) is 11.8 Å². The lowest BCUT2D eigenvalue weighted by atomic mass is 10.1. The van der Waals surface area contributed by atoms with Gasteiger partial charge in [-0.1, -0.05) is 0 Å². The zero-order chi connectivity index (χ0) is 15.4. The van der Waals surface area contributed by atoms with Gasteiger partial charge >= 0.3 is 0 Å². The zero-order valence-electron chi connectivity index (χ0n) is 12.6. The van der Waals surface area contributed by atoms with Crippen molar-refractivity contribution >= 4 is 23.2 Å². The van der Waals surface area contributed by atoms with E-state index in [9.17, 15) is 9.59 Å². The van der Waals surface area contributed by atoms with Gasteiger partial charge in [0.15, 0.2) is 0 Å². The van der Waals surface area contributed by atoms with Gasteiger partial charge < -0.3 is 10.6 Å². The summed E-state index contributed by atoms with van der Waals surface area (Å²) < 4.78 is 0. The summed E-state index contributed by atoms with van der Waals surface area (Å²) in [5, 5.41) is 6.64. The number of thiazole rings is 1. The molecule has 7 heteroatoms. The molecule has 3 heterocycles. The molecule has 1 atom stereocenters. The fraction of sp³-hybridized carbons (Fsp3) is 0.667. The molecule has 1 aromatic rings. The maximum absolute atomic E-state index is 12.3. The maximum atomic E-state index is 12.3. The van der Waals surface area contributed by atoms with Crippen LogP contribution in [0.25, 0.3) is 0 Å². The van der Waals surface area contributed by atoms with Crippen molar-refractivity contribution in [1.82, 2.24) is 20.5 Å². The molecule has 22 heavy (non-hydrogen) atoms. The number of nitrogens with zero attached hydrogens (tertiary/aromatic N) is 2. The van der Waals surface area contributed by atoms with E-state index in [4.69, 9.17) is 0 Å². The van der Waals surface area contributed by atoms with E-state index in [0.717, 1.165) is 37.5 Å². The van der Waals surface area contributed by atoms with Crippen LogP contribution in [0.2, 0.25) is 0 Å². The number of hydrogen-bond acceptors (Lipinski definition) is 5. The lowest BCUT2D eigenvalue weighted by Gasteiger charge is -2.14. The van der Waals surface area contributed by atoms with Crippen molar-refractivity contribution in [2.45, 2.75) is 44.7 Å². The van der Waals surface area contributed by atoms with Crippen molar-refractivity contribution in [2.75, 3.05) is 19.6 Å². The molecule has 6 nitrogen and oxygen atoms in total. The quantitative estimate of drug-likeness (QED) is 0.872. The molecule has 2 N–H and O–H groups in total. The first-order chi connectivity index (χ1) is 10.7. The summed E-state index contributed by atoms with van der Waals surface area (Å²) in [4.78, 5) is 31.5. The van der Waals surface area contributed by atoms with E-state index in [0.29, 0.717) is 17.8 Å². The highest BCUT2D eigenvalue weighted by molar-refractivity contribution is 7.13. The Morgan fingerprint density at radius 2 is 2.18 bits per heavy atom. The Morgan fingerprint density at radius 3 is 3.00 bits per heavy atom. The van der Waals surface area contributed by atoms with Gasteiger partial charge in [0.25, 0.3) is 5.91 Å². The minimum Gasteiger partial charge on any atom is -0.354 e. The number of likely N-dealkylation sites (tertiary alicyclic amines) is 1. The Morgan fingerprint density at radius 1 is 1.36 bits per heavy atom. The van der Waals surface area contributed by atoms with Gasteiger partial charge in [0.1, 0.15) is 15.9 Å². The van der Waals surface area contributed by atoms with Crippen LogP contribution >= 0.6 is 11.3 Å². The SMILES string of the molecule is O=C(NC1CCCCNC1=O)c1cnc(CN2CCCC2)s1. The number of carbonyl (C=O) groups is 2. The van der Waals surface area contributed by atoms with E-state index >= 15 is 0 Å². The molecule has 0 aliphatic carbocycles. The topological polar surface area (TPSA) is 74.3 Å². The first-order valence-electron chi connectivity index (χ1n) is 7.98. The summed E-state index contributed by atoms with van der Waals surface area (Å²) in [6, 6.07) is -0.417. The van der Waals surface area contributed by atoms with Crippen LogP contribution in [0.3, 0.4) is 0 Å². The lowest BCUT2D eigenvalue weighted by Crippen LogP contribution is -2.45. The van der Waals surface area contributed by atoms with E-state index in [1.165, 1.54) is 24.2 Å². The number of aromatic nitrogens is 1. The number of rotatable bonds is 4. The van der Waals surface area contributed by atoms with E-state index in [2.05, 4.69) is 20.5 Å². The second kappa shape index (κ2) is 7.19. The highest BCUT2D eigenvalue weighted by atomic mass is 32.1. The Labute approximate surface area is 134 Å². The molecule has 0 aromatic carbocycles. The molecule has 2 saturated heterocycles. The molecule has 2 fully saturated rings. The predicted molar refractivity (Wildman–Crippen MR) is 84.7 cm³/mol. The van der Waals surface area contributed by atoms with Crippen LogP contribution in [0.5, 0.6) is 0 Å². The molecule has 1 aromatic heterocycles. The van der Waals surface area contributed by atoms with Gasteiger partial charge in [-0.25, -0.2) is 4.98 Å². The fourth-order valence-electron chi connectivity index (χ4n) is 2.93. The number of nitrogens with one attached hydrogen (secondary N) is 2. The Bertz CT molecular complexity index is 539. The largest absolute Gasteiger partial charge is 0.354 e. The molecular formula is C15H22N4O2S. The highest BCUT2D eigenvalue weighted by Gasteiger charge is 2.24. The zero-order valence-corrected chi connectivity index (χ0v) is 13.5. The number of amides is 2. The molecule has 3 rings (SSSR count). The summed E-state index contributed by atoms with van der Waals surface area (Å²) in [5.74, 6) is -0.264. The lowest BCUT2D eigenvalue weighted by molar-refractivity contribution is -0.122. The summed E-state index contributed by atoms with van der Waals surface area (Å²) in [7, 11) is 0. The molecule has 0 spiro atoms. The van der Waals surface area contributed by atoms with Crippen LogP contribution in [0.15, 0.2) is 6.20 Å². The molecule has 2 amide bonds. The van der Waals surface area contributed by atoms with Crippen LogP contribution in [-0.4, -0.2) is 47.4 Å². The van der Waals surface area contributed by atoms with Crippen molar-refractivity contribution in [3.8, 4) is 0 Å². The summed E-state index contributed by atoms with van der Waals surface area (Å²) >= 11 is 1.43. The Kier molecular flexibility index (Phi) is 5.04. The van der Waals surface area contributed by atoms with Gasteiger partial charge in [-0.2, -0.15) is 0 Å². The first-order valence-corrected chi connectivity index (χ1v) is 8.79. The number of hydrogen-bond donors (Lipinski definition) is 2. The smallest absolute Gasteiger partial charge is 0.263 e. The predicted octanol–water partition coefficient (Wildman–Crippen LogP) is 1.14. The van der Waals surface area contributed by atoms with Crippen LogP contribution in [-0.2, 0) is 11.3 Å². The van der Waals surface area contributed by atoms with Crippen LogP contribution < -0.4 is 10.6 Å². The molecule has 0 bridgehead atoms. The maximum Gasteiger partial charge on any atom is 0.263 e. The van der Waals surface area contributed by atoms with E-state index < -0.39 is 6.04 Å². The Hall–Kier alpha value is -1.47. The molecule has 0 radical (unpaired) electrons. The van der Waals surface area contributed by atoms with E-state index in [1.807, 2.05) is 0 Å². The average molecular weight is 322 g/mol.